The molecule has 0 saturated carbocycles. The zero-order valence-electron chi connectivity index (χ0n) is 34.4. The Morgan fingerprint density at radius 3 is 1.32 bits per heavy atom. The molecule has 2 aromatic heterocycles. The molecule has 0 amide bonds. The normalized spacial score (nSPS) is 11.5. The molecule has 12 rings (SSSR count). The molecule has 0 spiro atoms. The zero-order chi connectivity index (χ0) is 41.7. The van der Waals surface area contributed by atoms with Gasteiger partial charge in [-0.2, -0.15) is 0 Å². The molecule has 2 heterocycles. The van der Waals surface area contributed by atoms with E-state index in [9.17, 15) is 0 Å². The second kappa shape index (κ2) is 15.5. The highest BCUT2D eigenvalue weighted by molar-refractivity contribution is 7.25. The van der Waals surface area contributed by atoms with E-state index in [-0.39, 0.29) is 0 Å². The van der Waals surface area contributed by atoms with Crippen LogP contribution in [0.2, 0.25) is 0 Å². The van der Waals surface area contributed by atoms with Crippen molar-refractivity contribution < 1.29 is 0 Å². The van der Waals surface area contributed by atoms with Crippen molar-refractivity contribution in [1.29, 1.82) is 0 Å². The average Bonchev–Trinajstić information content (AvgIpc) is 3.90. The van der Waals surface area contributed by atoms with Gasteiger partial charge in [-0.05, 0) is 117 Å². The number of para-hydroxylation sites is 1. The minimum atomic E-state index is 1.11. The zero-order valence-corrected chi connectivity index (χ0v) is 35.2. The lowest BCUT2D eigenvalue weighted by Gasteiger charge is -2.26. The van der Waals surface area contributed by atoms with E-state index in [0.29, 0.717) is 0 Å². The summed E-state index contributed by atoms with van der Waals surface area (Å²) in [5.41, 5.74) is 16.6. The number of thiophene rings is 1. The molecule has 296 valence electrons. The van der Waals surface area contributed by atoms with Gasteiger partial charge < -0.3 is 9.47 Å². The van der Waals surface area contributed by atoms with Crippen molar-refractivity contribution in [3.63, 3.8) is 0 Å². The molecule has 0 aliphatic heterocycles. The maximum atomic E-state index is 2.39. The van der Waals surface area contributed by atoms with Gasteiger partial charge in [0.2, 0.25) is 0 Å². The molecule has 63 heavy (non-hydrogen) atoms. The second-order valence-corrected chi connectivity index (χ2v) is 17.2. The van der Waals surface area contributed by atoms with Gasteiger partial charge in [0.05, 0.1) is 11.0 Å². The Hall–Kier alpha value is -7.98. The van der Waals surface area contributed by atoms with Crippen molar-refractivity contribution >= 4 is 70.4 Å². The van der Waals surface area contributed by atoms with Gasteiger partial charge in [-0.15, -0.1) is 11.3 Å². The first-order valence-electron chi connectivity index (χ1n) is 21.5. The topological polar surface area (TPSA) is 8.17 Å². The van der Waals surface area contributed by atoms with E-state index in [1.165, 1.54) is 86.5 Å². The van der Waals surface area contributed by atoms with Crippen LogP contribution in [0.4, 0.5) is 17.1 Å². The highest BCUT2D eigenvalue weighted by atomic mass is 32.1. The van der Waals surface area contributed by atoms with E-state index in [1.807, 2.05) is 11.3 Å². The molecule has 10 aromatic carbocycles. The lowest BCUT2D eigenvalue weighted by molar-refractivity contribution is 1.18. The average molecular weight is 821 g/mol. The van der Waals surface area contributed by atoms with Crippen LogP contribution in [0.25, 0.3) is 92.2 Å². The minimum Gasteiger partial charge on any atom is -0.310 e. The fourth-order valence-electron chi connectivity index (χ4n) is 9.26. The number of rotatable bonds is 8. The van der Waals surface area contributed by atoms with E-state index in [0.717, 1.165) is 22.7 Å². The smallest absolute Gasteiger partial charge is 0.0541 e. The van der Waals surface area contributed by atoms with Gasteiger partial charge in [-0.3, -0.25) is 0 Å². The number of hydrogen-bond donors (Lipinski definition) is 0. The lowest BCUT2D eigenvalue weighted by Crippen LogP contribution is -2.09. The van der Waals surface area contributed by atoms with Crippen molar-refractivity contribution in [1.82, 2.24) is 4.57 Å². The molecule has 12 aromatic rings. The quantitative estimate of drug-likeness (QED) is 0.148. The van der Waals surface area contributed by atoms with Crippen molar-refractivity contribution in [3.05, 3.63) is 243 Å². The van der Waals surface area contributed by atoms with Gasteiger partial charge in [-0.25, -0.2) is 0 Å². The number of anilines is 3. The van der Waals surface area contributed by atoms with Gasteiger partial charge in [0.1, 0.15) is 0 Å². The molecule has 0 unspecified atom stereocenters. The molecule has 0 radical (unpaired) electrons. The Labute approximate surface area is 370 Å². The fourth-order valence-corrected chi connectivity index (χ4v) is 10.4. The van der Waals surface area contributed by atoms with Crippen LogP contribution in [0.1, 0.15) is 0 Å². The molecule has 0 atom stereocenters. The van der Waals surface area contributed by atoms with Gasteiger partial charge in [0.15, 0.2) is 0 Å². The van der Waals surface area contributed by atoms with Crippen molar-refractivity contribution in [2.24, 2.45) is 0 Å². The Morgan fingerprint density at radius 2 is 0.698 bits per heavy atom. The molecular weight excluding hydrogens is 781 g/mol. The summed E-state index contributed by atoms with van der Waals surface area (Å²) in [5, 5.41) is 5.12. The Morgan fingerprint density at radius 1 is 0.270 bits per heavy atom. The summed E-state index contributed by atoms with van der Waals surface area (Å²) < 4.78 is 4.99. The van der Waals surface area contributed by atoms with Crippen molar-refractivity contribution in [3.8, 4) is 50.2 Å². The third-order valence-electron chi connectivity index (χ3n) is 12.4. The molecule has 0 bridgehead atoms. The number of hydrogen-bond acceptors (Lipinski definition) is 2. The van der Waals surface area contributed by atoms with Crippen LogP contribution in [0, 0.1) is 0 Å². The first kappa shape index (κ1) is 36.8. The maximum absolute atomic E-state index is 2.39. The van der Waals surface area contributed by atoms with Crippen molar-refractivity contribution in [2.75, 3.05) is 4.90 Å². The standard InChI is InChI=1S/C60H40N2S/c1-3-11-41(12-4-1)44-23-30-49(31-24-44)61(52-36-37-55-54-16-8-10-18-59(54)63-60(55)40-52)50-32-25-46(26-33-50)43-19-21-47(22-20-43)48-29-38-58-56(39-48)53-15-7-9-17-57(53)62(58)51-34-27-45(28-35-51)42-13-5-2-6-14-42/h1-40H. The molecule has 3 heteroatoms. The van der Waals surface area contributed by atoms with Crippen LogP contribution in [0.3, 0.4) is 0 Å². The van der Waals surface area contributed by atoms with E-state index >= 15 is 0 Å². The van der Waals surface area contributed by atoms with Crippen LogP contribution in [0.15, 0.2) is 243 Å². The molecule has 0 fully saturated rings. The fraction of sp³-hybridized carbons (Fsp3) is 0. The van der Waals surface area contributed by atoms with E-state index in [1.54, 1.807) is 0 Å². The Balaban J connectivity index is 0.858. The van der Waals surface area contributed by atoms with Gasteiger partial charge in [-0.1, -0.05) is 170 Å². The van der Waals surface area contributed by atoms with E-state index in [2.05, 4.69) is 252 Å². The summed E-state index contributed by atoms with van der Waals surface area (Å²) >= 11 is 1.86. The number of fused-ring (bicyclic) bond motifs is 6. The van der Waals surface area contributed by atoms with Gasteiger partial charge >= 0.3 is 0 Å². The SMILES string of the molecule is c1ccc(-c2ccc(N(c3ccc(-c4ccc(-c5ccc6c(c5)c5ccccc5n6-c5ccc(-c6ccccc6)cc5)cc4)cc3)c3ccc4c(c3)sc3ccccc34)cc2)cc1. The molecule has 0 aliphatic carbocycles. The minimum absolute atomic E-state index is 1.11. The predicted octanol–water partition coefficient (Wildman–Crippen LogP) is 17.3. The third-order valence-corrected chi connectivity index (χ3v) is 13.6. The number of aromatic nitrogens is 1. The van der Waals surface area contributed by atoms with Crippen LogP contribution in [-0.4, -0.2) is 4.57 Å². The largest absolute Gasteiger partial charge is 0.310 e. The first-order valence-corrected chi connectivity index (χ1v) is 22.3. The summed E-state index contributed by atoms with van der Waals surface area (Å²) in [6, 6.07) is 88.3. The lowest BCUT2D eigenvalue weighted by atomic mass is 9.98. The summed E-state index contributed by atoms with van der Waals surface area (Å²) in [7, 11) is 0. The van der Waals surface area contributed by atoms with Gasteiger partial charge in [0, 0.05) is 53.7 Å². The molecule has 2 nitrogen and oxygen atoms in total. The first-order chi connectivity index (χ1) is 31.2. The summed E-state index contributed by atoms with van der Waals surface area (Å²) in [6.45, 7) is 0. The summed E-state index contributed by atoms with van der Waals surface area (Å²) in [6.07, 6.45) is 0. The number of nitrogens with zero attached hydrogens (tertiary/aromatic N) is 2. The Kier molecular flexibility index (Phi) is 9.06. The maximum Gasteiger partial charge on any atom is 0.0541 e. The third kappa shape index (κ3) is 6.67. The summed E-state index contributed by atoms with van der Waals surface area (Å²) in [4.78, 5) is 2.37. The molecule has 0 saturated heterocycles. The van der Waals surface area contributed by atoms with Gasteiger partial charge in [0.25, 0.3) is 0 Å². The van der Waals surface area contributed by atoms with Crippen LogP contribution < -0.4 is 4.90 Å². The molecule has 0 N–H and O–H groups in total. The predicted molar refractivity (Wildman–Crippen MR) is 270 cm³/mol. The summed E-state index contributed by atoms with van der Waals surface area (Å²) in [5.74, 6) is 0. The van der Waals surface area contributed by atoms with E-state index < -0.39 is 0 Å². The van der Waals surface area contributed by atoms with E-state index in [4.69, 9.17) is 0 Å². The highest BCUT2D eigenvalue weighted by Crippen LogP contribution is 2.42. The monoisotopic (exact) mass is 820 g/mol. The highest BCUT2D eigenvalue weighted by Gasteiger charge is 2.17. The van der Waals surface area contributed by atoms with Crippen molar-refractivity contribution in [2.45, 2.75) is 0 Å². The molecule has 0 aliphatic rings. The van der Waals surface area contributed by atoms with Crippen LogP contribution in [0.5, 0.6) is 0 Å². The Bertz CT molecular complexity index is 3570. The van der Waals surface area contributed by atoms with Crippen LogP contribution >= 0.6 is 11.3 Å². The van der Waals surface area contributed by atoms with Crippen LogP contribution in [-0.2, 0) is 0 Å². The molecular formula is C60H40N2S. The second-order valence-electron chi connectivity index (χ2n) is 16.1. The number of benzene rings is 10.